The topological polar surface area (TPSA) is 17.3 Å². The number of thiazole rings is 1. The van der Waals surface area contributed by atoms with E-state index in [1.165, 1.54) is 11.3 Å². The normalized spacial score (nSPS) is 11.2. The second-order valence-corrected chi connectivity index (χ2v) is 4.78. The molecule has 70 valence electrons. The third-order valence-corrected chi connectivity index (χ3v) is 3.85. The Kier molecular flexibility index (Phi) is 1.72. The Bertz CT molecular complexity index is 560. The Hall–Kier alpha value is -1.13. The largest absolute Gasteiger partial charge is 0.294 e. The quantitative estimate of drug-likeness (QED) is 0.614. The molecule has 3 rings (SSSR count). The fourth-order valence-electron chi connectivity index (χ4n) is 1.44. The van der Waals surface area contributed by atoms with Gasteiger partial charge in [0.1, 0.15) is 0 Å². The van der Waals surface area contributed by atoms with Gasteiger partial charge in [-0.25, -0.2) is 4.98 Å². The van der Waals surface area contributed by atoms with E-state index in [1.807, 2.05) is 0 Å². The minimum absolute atomic E-state index is 1.07. The van der Waals surface area contributed by atoms with Crippen molar-refractivity contribution in [3.05, 3.63) is 34.1 Å². The van der Waals surface area contributed by atoms with Gasteiger partial charge in [-0.05, 0) is 18.4 Å². The van der Waals surface area contributed by atoms with Crippen molar-refractivity contribution in [3.8, 4) is 11.3 Å². The zero-order valence-corrected chi connectivity index (χ0v) is 9.23. The monoisotopic (exact) mass is 220 g/mol. The molecule has 0 bridgehead atoms. The lowest BCUT2D eigenvalue weighted by molar-refractivity contribution is 1.13. The Labute approximate surface area is 89.5 Å². The van der Waals surface area contributed by atoms with Crippen molar-refractivity contribution in [3.63, 3.8) is 0 Å². The van der Waals surface area contributed by atoms with E-state index in [1.54, 1.807) is 22.7 Å². The van der Waals surface area contributed by atoms with Crippen LogP contribution in [0.3, 0.4) is 0 Å². The van der Waals surface area contributed by atoms with E-state index in [4.69, 9.17) is 0 Å². The standard InChI is InChI=1S/C10H8N2S2/c1-7-5-14-10-11-9(4-12(7)10)8-2-3-13-6-8/h2-6H,1H3. The molecule has 0 fully saturated rings. The van der Waals surface area contributed by atoms with Crippen LogP contribution in [0.2, 0.25) is 0 Å². The van der Waals surface area contributed by atoms with E-state index >= 15 is 0 Å². The molecule has 3 aromatic heterocycles. The molecule has 0 aromatic carbocycles. The number of thiophene rings is 1. The van der Waals surface area contributed by atoms with Gasteiger partial charge in [-0.15, -0.1) is 11.3 Å². The first-order valence-electron chi connectivity index (χ1n) is 4.30. The molecule has 0 saturated carbocycles. The van der Waals surface area contributed by atoms with Crippen molar-refractivity contribution in [2.45, 2.75) is 6.92 Å². The minimum Gasteiger partial charge on any atom is -0.294 e. The molecule has 3 heterocycles. The summed E-state index contributed by atoms with van der Waals surface area (Å²) in [6, 6.07) is 2.10. The molecule has 0 aliphatic heterocycles. The number of nitrogens with zero attached hydrogens (tertiary/aromatic N) is 2. The average Bonchev–Trinajstić information content (AvgIpc) is 2.83. The Morgan fingerprint density at radius 1 is 1.36 bits per heavy atom. The van der Waals surface area contributed by atoms with Crippen LogP contribution in [0.1, 0.15) is 5.69 Å². The molecule has 4 heteroatoms. The first kappa shape index (κ1) is 8.20. The van der Waals surface area contributed by atoms with Gasteiger partial charge in [-0.3, -0.25) is 4.40 Å². The van der Waals surface area contributed by atoms with Gasteiger partial charge in [0.2, 0.25) is 0 Å². The molecule has 0 radical (unpaired) electrons. The number of aromatic nitrogens is 2. The summed E-state index contributed by atoms with van der Waals surface area (Å²) in [6.07, 6.45) is 2.10. The summed E-state index contributed by atoms with van der Waals surface area (Å²) >= 11 is 3.39. The van der Waals surface area contributed by atoms with Crippen LogP contribution in [0.25, 0.3) is 16.2 Å². The summed E-state index contributed by atoms with van der Waals surface area (Å²) in [5, 5.41) is 6.33. The molecular formula is C10H8N2S2. The Balaban J connectivity index is 2.24. The van der Waals surface area contributed by atoms with Crippen molar-refractivity contribution in [2.24, 2.45) is 0 Å². The summed E-state index contributed by atoms with van der Waals surface area (Å²) in [6.45, 7) is 2.10. The second-order valence-electron chi connectivity index (χ2n) is 3.17. The van der Waals surface area contributed by atoms with Crippen molar-refractivity contribution in [1.29, 1.82) is 0 Å². The van der Waals surface area contributed by atoms with Crippen LogP contribution in [-0.2, 0) is 0 Å². The van der Waals surface area contributed by atoms with Crippen molar-refractivity contribution in [1.82, 2.24) is 9.38 Å². The number of fused-ring (bicyclic) bond motifs is 1. The van der Waals surface area contributed by atoms with E-state index in [0.29, 0.717) is 0 Å². The maximum atomic E-state index is 4.56. The van der Waals surface area contributed by atoms with Gasteiger partial charge < -0.3 is 0 Å². The molecule has 0 atom stereocenters. The summed E-state index contributed by atoms with van der Waals surface area (Å²) in [4.78, 5) is 5.64. The number of hydrogen-bond donors (Lipinski definition) is 0. The fourth-order valence-corrected chi connectivity index (χ4v) is 2.94. The van der Waals surface area contributed by atoms with Gasteiger partial charge >= 0.3 is 0 Å². The summed E-state index contributed by atoms with van der Waals surface area (Å²) in [5.41, 5.74) is 3.53. The van der Waals surface area contributed by atoms with Crippen molar-refractivity contribution < 1.29 is 0 Å². The van der Waals surface area contributed by atoms with Crippen molar-refractivity contribution >= 4 is 27.6 Å². The highest BCUT2D eigenvalue weighted by Crippen LogP contribution is 2.24. The molecular weight excluding hydrogens is 212 g/mol. The van der Waals surface area contributed by atoms with Crippen LogP contribution in [-0.4, -0.2) is 9.38 Å². The van der Waals surface area contributed by atoms with Crippen LogP contribution in [0.5, 0.6) is 0 Å². The van der Waals surface area contributed by atoms with E-state index in [-0.39, 0.29) is 0 Å². The molecule has 0 amide bonds. The van der Waals surface area contributed by atoms with Gasteiger partial charge in [0.25, 0.3) is 0 Å². The zero-order valence-electron chi connectivity index (χ0n) is 7.60. The summed E-state index contributed by atoms with van der Waals surface area (Å²) < 4.78 is 2.14. The van der Waals surface area contributed by atoms with Gasteiger partial charge in [0.05, 0.1) is 5.69 Å². The SMILES string of the molecule is Cc1csc2nc(-c3ccsc3)cn12. The highest BCUT2D eigenvalue weighted by atomic mass is 32.1. The fraction of sp³-hybridized carbons (Fsp3) is 0.100. The smallest absolute Gasteiger partial charge is 0.194 e. The minimum atomic E-state index is 1.07. The summed E-state index contributed by atoms with van der Waals surface area (Å²) in [5.74, 6) is 0. The zero-order chi connectivity index (χ0) is 9.54. The molecule has 0 aliphatic carbocycles. The third kappa shape index (κ3) is 1.11. The van der Waals surface area contributed by atoms with Crippen LogP contribution in [0, 0.1) is 6.92 Å². The number of aryl methyl sites for hydroxylation is 1. The van der Waals surface area contributed by atoms with Crippen LogP contribution >= 0.6 is 22.7 Å². The predicted octanol–water partition coefficient (Wildman–Crippen LogP) is 3.43. The molecule has 2 nitrogen and oxygen atoms in total. The second kappa shape index (κ2) is 2.93. The summed E-state index contributed by atoms with van der Waals surface area (Å²) in [7, 11) is 0. The number of hydrogen-bond acceptors (Lipinski definition) is 3. The highest BCUT2D eigenvalue weighted by molar-refractivity contribution is 7.15. The first-order valence-corrected chi connectivity index (χ1v) is 6.12. The molecule has 0 aliphatic rings. The molecule has 3 aromatic rings. The first-order chi connectivity index (χ1) is 6.84. The Morgan fingerprint density at radius 2 is 2.29 bits per heavy atom. The van der Waals surface area contributed by atoms with Gasteiger partial charge in [0, 0.05) is 28.2 Å². The molecule has 0 saturated heterocycles. The van der Waals surface area contributed by atoms with E-state index in [2.05, 4.69) is 44.7 Å². The maximum Gasteiger partial charge on any atom is 0.194 e. The molecule has 14 heavy (non-hydrogen) atoms. The molecule has 0 unspecified atom stereocenters. The Morgan fingerprint density at radius 3 is 3.00 bits per heavy atom. The lowest BCUT2D eigenvalue weighted by atomic mass is 10.3. The van der Waals surface area contributed by atoms with E-state index in [0.717, 1.165) is 10.7 Å². The van der Waals surface area contributed by atoms with Gasteiger partial charge in [0.15, 0.2) is 4.96 Å². The van der Waals surface area contributed by atoms with Crippen LogP contribution in [0.15, 0.2) is 28.4 Å². The average molecular weight is 220 g/mol. The lowest BCUT2D eigenvalue weighted by Crippen LogP contribution is -1.77. The number of rotatable bonds is 1. The predicted molar refractivity (Wildman–Crippen MR) is 61.1 cm³/mol. The van der Waals surface area contributed by atoms with Crippen LogP contribution in [0.4, 0.5) is 0 Å². The molecule has 0 spiro atoms. The van der Waals surface area contributed by atoms with E-state index in [9.17, 15) is 0 Å². The highest BCUT2D eigenvalue weighted by Gasteiger charge is 2.06. The molecule has 0 N–H and O–H groups in total. The van der Waals surface area contributed by atoms with Gasteiger partial charge in [-0.1, -0.05) is 0 Å². The van der Waals surface area contributed by atoms with Crippen LogP contribution < -0.4 is 0 Å². The van der Waals surface area contributed by atoms with E-state index < -0.39 is 0 Å². The number of imidazole rings is 1. The van der Waals surface area contributed by atoms with Gasteiger partial charge in [-0.2, -0.15) is 11.3 Å². The lowest BCUT2D eigenvalue weighted by Gasteiger charge is -1.87. The maximum absolute atomic E-state index is 4.56. The third-order valence-electron chi connectivity index (χ3n) is 2.21. The van der Waals surface area contributed by atoms with Crippen molar-refractivity contribution in [2.75, 3.05) is 0 Å².